The van der Waals surface area contributed by atoms with Gasteiger partial charge in [0.05, 0.1) is 37.2 Å². The monoisotopic (exact) mass is 972 g/mol. The number of fused-ring (bicyclic) bond motifs is 4. The number of amides is 3. The minimum atomic E-state index is -1.14. The van der Waals surface area contributed by atoms with Gasteiger partial charge in [-0.05, 0) is 132 Å². The Labute approximate surface area is 406 Å². The molecule has 13 nitrogen and oxygen atoms in total. The maximum atomic E-state index is 12.1. The molecule has 8 rings (SSSR count). The minimum Gasteiger partial charge on any atom is -0.450 e. The quantitative estimate of drug-likeness (QED) is 0.213. The van der Waals surface area contributed by atoms with Gasteiger partial charge in [-0.15, -0.1) is 12.4 Å². The van der Waals surface area contributed by atoms with Crippen LogP contribution in [0.3, 0.4) is 0 Å². The predicted octanol–water partition coefficient (Wildman–Crippen LogP) is 10.0. The van der Waals surface area contributed by atoms with Crippen molar-refractivity contribution in [3.8, 4) is 0 Å². The molecule has 0 unspecified atom stereocenters. The van der Waals surface area contributed by atoms with Crippen LogP contribution in [-0.2, 0) is 40.1 Å². The molecule has 4 fully saturated rings. The van der Waals surface area contributed by atoms with Gasteiger partial charge in [0.1, 0.15) is 5.60 Å². The number of nitrogens with one attached hydrogen (secondary N) is 2. The van der Waals surface area contributed by atoms with Crippen molar-refractivity contribution in [1.82, 2.24) is 35.3 Å². The third-order valence-electron chi connectivity index (χ3n) is 13.4. The number of ether oxygens (including phenoxy) is 3. The molecule has 2 aromatic heterocycles. The number of hydrogen-bond acceptors (Lipinski definition) is 10. The third-order valence-corrected chi connectivity index (χ3v) is 16.8. The van der Waals surface area contributed by atoms with Gasteiger partial charge < -0.3 is 39.5 Å². The number of carbonyl (C=O) groups is 3. The van der Waals surface area contributed by atoms with E-state index in [1.165, 1.54) is 61.8 Å². The first kappa shape index (κ1) is 55.4. The number of piperidine rings is 3. The number of carbonyl (C=O) groups excluding carboxylic acids is 3. The Morgan fingerprint density at radius 1 is 0.682 bits per heavy atom. The van der Waals surface area contributed by atoms with E-state index in [2.05, 4.69) is 72.0 Å². The summed E-state index contributed by atoms with van der Waals surface area (Å²) in [5.74, 6) is 2.28. The first-order valence-corrected chi connectivity index (χ1v) is 32.4. The lowest BCUT2D eigenvalue weighted by atomic mass is 9.75. The lowest BCUT2D eigenvalue weighted by molar-refractivity contribution is -0.00439. The summed E-state index contributed by atoms with van der Waals surface area (Å²) in [6, 6.07) is 10.6. The second kappa shape index (κ2) is 26.5. The van der Waals surface area contributed by atoms with E-state index in [1.54, 1.807) is 11.1 Å². The molecule has 6 aliphatic rings. The number of likely N-dealkylation sites (tertiary alicyclic amines) is 2. The molecule has 3 amide bonds. The highest BCUT2D eigenvalue weighted by Crippen LogP contribution is 2.36. The standard InChI is InChI=1S/C15H29NO2Si.C14H22N2O2Si.C13H24N2O2.C8H10N2.ClH/c1-19(2,3)11-10-18-15(17)16-9-8-13-6-4-5-7-14(13)12-16;1-19(2,3)10-9-18-14(17)16-8-6-12-5-4-7-15-13(12)11-16;1-13(2,3)17-12(16)15-8-4-5-10-6-7-14-9-11(10)15;1-2-7-3-5-9-6-8(7)10-4-1;/h13-14H,4-12H2,1-3H3;4-5,7H,6,8-11H2,1-3H3;10-11,14H,4-9H2,1-3H3;1-2,4,9H,3,5-6H2;1H/t13-,14+;;10-,11+;;/m1.1../s1. The lowest BCUT2D eigenvalue weighted by Crippen LogP contribution is -2.56. The van der Waals surface area contributed by atoms with Crippen molar-refractivity contribution in [3.05, 3.63) is 59.2 Å². The van der Waals surface area contributed by atoms with Crippen LogP contribution < -0.4 is 10.6 Å². The molecule has 5 aliphatic heterocycles. The molecule has 0 spiro atoms. The highest BCUT2D eigenvalue weighted by atomic mass is 35.5. The van der Waals surface area contributed by atoms with Crippen molar-refractivity contribution in [2.24, 2.45) is 17.8 Å². The average Bonchev–Trinajstić information content (AvgIpc) is 3.27. The van der Waals surface area contributed by atoms with Crippen LogP contribution in [0.15, 0.2) is 36.7 Å². The van der Waals surface area contributed by atoms with Gasteiger partial charge in [0.2, 0.25) is 0 Å². The summed E-state index contributed by atoms with van der Waals surface area (Å²) in [7, 11) is -2.24. The Balaban J connectivity index is 0.000000195. The van der Waals surface area contributed by atoms with Gasteiger partial charge >= 0.3 is 18.3 Å². The number of aromatic nitrogens is 2. The topological polar surface area (TPSA) is 138 Å². The molecule has 2 N–H and O–H groups in total. The van der Waals surface area contributed by atoms with Gasteiger partial charge in [0, 0.05) is 67.8 Å². The maximum absolute atomic E-state index is 12.1. The zero-order valence-electron chi connectivity index (χ0n) is 42.1. The molecule has 3 saturated heterocycles. The molecule has 0 bridgehead atoms. The summed E-state index contributed by atoms with van der Waals surface area (Å²) in [5.41, 5.74) is 4.46. The van der Waals surface area contributed by atoms with E-state index in [9.17, 15) is 14.4 Å². The van der Waals surface area contributed by atoms with Gasteiger partial charge in [0.15, 0.2) is 0 Å². The summed E-state index contributed by atoms with van der Waals surface area (Å²) >= 11 is 0. The van der Waals surface area contributed by atoms with Crippen molar-refractivity contribution in [2.45, 2.75) is 161 Å². The summed E-state index contributed by atoms with van der Waals surface area (Å²) in [6.45, 7) is 28.7. The second-order valence-electron chi connectivity index (χ2n) is 22.3. The highest BCUT2D eigenvalue weighted by Gasteiger charge is 2.38. The second-order valence-corrected chi connectivity index (χ2v) is 33.6. The average molecular weight is 973 g/mol. The fourth-order valence-electron chi connectivity index (χ4n) is 9.47. The number of pyridine rings is 2. The minimum absolute atomic E-state index is 0. The molecular formula is C50H86ClN7O6Si2. The van der Waals surface area contributed by atoms with Crippen molar-refractivity contribution in [2.75, 3.05) is 59.0 Å². The Hall–Kier alpha value is -3.25. The fourth-order valence-corrected chi connectivity index (χ4v) is 10.9. The Morgan fingerprint density at radius 3 is 1.92 bits per heavy atom. The molecular weight excluding hydrogens is 886 g/mol. The summed E-state index contributed by atoms with van der Waals surface area (Å²) in [5, 5.41) is 6.66. The van der Waals surface area contributed by atoms with Crippen LogP contribution in [0.1, 0.15) is 94.7 Å². The van der Waals surface area contributed by atoms with E-state index >= 15 is 0 Å². The fraction of sp³-hybridized carbons (Fsp3) is 0.740. The van der Waals surface area contributed by atoms with E-state index in [0.29, 0.717) is 31.7 Å². The van der Waals surface area contributed by atoms with Crippen molar-refractivity contribution in [3.63, 3.8) is 0 Å². The van der Waals surface area contributed by atoms with E-state index in [4.69, 9.17) is 14.2 Å². The van der Waals surface area contributed by atoms with E-state index < -0.39 is 21.7 Å². The highest BCUT2D eigenvalue weighted by molar-refractivity contribution is 6.76. The summed E-state index contributed by atoms with van der Waals surface area (Å²) in [6.07, 6.45) is 15.4. The maximum Gasteiger partial charge on any atom is 0.410 e. The van der Waals surface area contributed by atoms with Gasteiger partial charge in [0.25, 0.3) is 0 Å². The predicted molar refractivity (Wildman–Crippen MR) is 273 cm³/mol. The smallest absolute Gasteiger partial charge is 0.410 e. The van der Waals surface area contributed by atoms with E-state index in [-0.39, 0.29) is 30.7 Å². The Morgan fingerprint density at radius 2 is 1.29 bits per heavy atom. The molecule has 7 heterocycles. The van der Waals surface area contributed by atoms with Crippen LogP contribution in [-0.4, -0.2) is 130 Å². The van der Waals surface area contributed by atoms with E-state index in [1.807, 2.05) is 48.9 Å². The first-order chi connectivity index (χ1) is 30.8. The van der Waals surface area contributed by atoms with Gasteiger partial charge in [-0.3, -0.25) is 9.97 Å². The van der Waals surface area contributed by atoms with Crippen LogP contribution in [0.25, 0.3) is 0 Å². The molecule has 1 saturated carbocycles. The van der Waals surface area contributed by atoms with Gasteiger partial charge in [-0.25, -0.2) is 14.4 Å². The molecule has 0 aromatic carbocycles. The molecule has 66 heavy (non-hydrogen) atoms. The summed E-state index contributed by atoms with van der Waals surface area (Å²) < 4.78 is 16.3. The Bertz CT molecular complexity index is 1780. The third kappa shape index (κ3) is 19.0. The van der Waals surface area contributed by atoms with Crippen LogP contribution in [0, 0.1) is 17.8 Å². The van der Waals surface area contributed by atoms with Crippen LogP contribution in [0.4, 0.5) is 14.4 Å². The Kier molecular flexibility index (Phi) is 22.2. The van der Waals surface area contributed by atoms with Crippen molar-refractivity contribution < 1.29 is 28.6 Å². The zero-order chi connectivity index (χ0) is 47.0. The van der Waals surface area contributed by atoms with Crippen LogP contribution in [0.5, 0.6) is 0 Å². The molecule has 1 aliphatic carbocycles. The number of nitrogens with zero attached hydrogens (tertiary/aromatic N) is 5. The number of hydrogen-bond donors (Lipinski definition) is 2. The molecule has 4 atom stereocenters. The largest absolute Gasteiger partial charge is 0.450 e. The van der Waals surface area contributed by atoms with Crippen molar-refractivity contribution >= 4 is 46.8 Å². The van der Waals surface area contributed by atoms with Crippen LogP contribution in [0.2, 0.25) is 51.4 Å². The van der Waals surface area contributed by atoms with Gasteiger partial charge in [-0.2, -0.15) is 0 Å². The molecule has 372 valence electrons. The molecule has 0 radical (unpaired) electrons. The number of rotatable bonds is 6. The summed E-state index contributed by atoms with van der Waals surface area (Å²) in [4.78, 5) is 50.4. The van der Waals surface area contributed by atoms with Crippen molar-refractivity contribution in [1.29, 1.82) is 0 Å². The zero-order valence-corrected chi connectivity index (χ0v) is 44.9. The lowest BCUT2D eigenvalue weighted by Gasteiger charge is -2.44. The number of halogens is 1. The van der Waals surface area contributed by atoms with Crippen LogP contribution >= 0.6 is 12.4 Å². The van der Waals surface area contributed by atoms with E-state index in [0.717, 1.165) is 101 Å². The first-order valence-electron chi connectivity index (χ1n) is 25.0. The SMILES string of the molecule is CC(C)(C)OC(=O)N1CCC[C@@H]2CCNC[C@@H]21.C[Si](C)(C)CCOC(=O)N1CC[C@H]2CCCC[C@H]2C1.C[Si](C)(C)CCOC(=O)N1CCc2cccnc2C1.Cl.c1cnc2c(c1)CCNC2. The molecule has 2 aromatic rings. The van der Waals surface area contributed by atoms with Gasteiger partial charge in [-0.1, -0.05) is 70.7 Å². The molecule has 16 heteroatoms. The normalized spacial score (nSPS) is 22.5.